The normalized spacial score (nSPS) is 17.8. The number of benzene rings is 1. The molecule has 1 fully saturated rings. The Labute approximate surface area is 133 Å². The first-order chi connectivity index (χ1) is 10.6. The molecule has 1 aromatic rings. The maximum absolute atomic E-state index is 12.2. The van der Waals surface area contributed by atoms with Crippen LogP contribution in [0.15, 0.2) is 24.3 Å². The summed E-state index contributed by atoms with van der Waals surface area (Å²) in [6.45, 7) is 6.35. The summed E-state index contributed by atoms with van der Waals surface area (Å²) in [6.07, 6.45) is 3.94. The van der Waals surface area contributed by atoms with Gasteiger partial charge in [-0.15, -0.1) is 0 Å². The number of aryl methyl sites for hydroxylation is 2. The molecule has 0 aliphatic carbocycles. The summed E-state index contributed by atoms with van der Waals surface area (Å²) < 4.78 is 0. The van der Waals surface area contributed by atoms with Gasteiger partial charge < -0.3 is 5.11 Å². The van der Waals surface area contributed by atoms with E-state index in [1.54, 1.807) is 6.92 Å². The van der Waals surface area contributed by atoms with Crippen LogP contribution in [0.2, 0.25) is 0 Å². The van der Waals surface area contributed by atoms with Gasteiger partial charge in [0.05, 0.1) is 6.10 Å². The van der Waals surface area contributed by atoms with E-state index in [0.717, 1.165) is 38.9 Å². The molecule has 2 rings (SSSR count). The van der Waals surface area contributed by atoms with Crippen molar-refractivity contribution in [3.05, 3.63) is 35.4 Å². The minimum absolute atomic E-state index is 0.223. The summed E-state index contributed by atoms with van der Waals surface area (Å²) in [5.41, 5.74) is 2.62. The molecule has 0 radical (unpaired) electrons. The molecule has 1 N–H and O–H groups in total. The Morgan fingerprint density at radius 2 is 2.14 bits per heavy atom. The number of amides is 1. The summed E-state index contributed by atoms with van der Waals surface area (Å²) >= 11 is 0. The fourth-order valence-corrected chi connectivity index (χ4v) is 2.96. The topological polar surface area (TPSA) is 43.8 Å². The predicted molar refractivity (Wildman–Crippen MR) is 88.3 cm³/mol. The van der Waals surface area contributed by atoms with Crippen LogP contribution >= 0.6 is 0 Å². The zero-order chi connectivity index (χ0) is 15.9. The van der Waals surface area contributed by atoms with Gasteiger partial charge in [0.2, 0.25) is 5.91 Å². The molecule has 1 aliphatic rings. The van der Waals surface area contributed by atoms with Crippen molar-refractivity contribution in [1.82, 2.24) is 10.0 Å². The Balaban J connectivity index is 1.85. The number of rotatable bonds is 7. The van der Waals surface area contributed by atoms with Gasteiger partial charge in [-0.2, -0.15) is 0 Å². The van der Waals surface area contributed by atoms with E-state index in [4.69, 9.17) is 0 Å². The van der Waals surface area contributed by atoms with Crippen LogP contribution in [0.3, 0.4) is 0 Å². The van der Waals surface area contributed by atoms with Crippen molar-refractivity contribution in [3.63, 3.8) is 0 Å². The van der Waals surface area contributed by atoms with Crippen LogP contribution in [0.4, 0.5) is 0 Å². The Bertz CT molecular complexity index is 488. The summed E-state index contributed by atoms with van der Waals surface area (Å²) in [4.78, 5) is 12.2. The van der Waals surface area contributed by atoms with E-state index in [1.807, 2.05) is 5.01 Å². The molecular weight excluding hydrogens is 276 g/mol. The molecule has 1 heterocycles. The smallest absolute Gasteiger partial charge is 0.236 e. The van der Waals surface area contributed by atoms with E-state index in [9.17, 15) is 9.90 Å². The summed E-state index contributed by atoms with van der Waals surface area (Å²) in [7, 11) is 0. The lowest BCUT2D eigenvalue weighted by Crippen LogP contribution is -2.51. The maximum atomic E-state index is 12.2. The zero-order valence-electron chi connectivity index (χ0n) is 13.8. The van der Waals surface area contributed by atoms with Gasteiger partial charge in [-0.05, 0) is 45.1 Å². The third-order valence-corrected chi connectivity index (χ3v) is 4.16. The van der Waals surface area contributed by atoms with E-state index in [-0.39, 0.29) is 12.0 Å². The molecule has 0 spiro atoms. The van der Waals surface area contributed by atoms with Crippen molar-refractivity contribution in [2.75, 3.05) is 19.6 Å². The van der Waals surface area contributed by atoms with Gasteiger partial charge in [-0.1, -0.05) is 29.8 Å². The SMILES string of the molecule is Cc1cccc(CCCN2C(=O)CCCN2CCC(C)O)c1. The molecule has 0 bridgehead atoms. The number of carbonyl (C=O) groups excluding carboxylic acids is 1. The fourth-order valence-electron chi connectivity index (χ4n) is 2.96. The molecule has 4 heteroatoms. The third-order valence-electron chi connectivity index (χ3n) is 4.16. The molecule has 22 heavy (non-hydrogen) atoms. The van der Waals surface area contributed by atoms with Crippen LogP contribution in [-0.4, -0.2) is 46.8 Å². The quantitative estimate of drug-likeness (QED) is 0.842. The number of nitrogens with zero attached hydrogens (tertiary/aromatic N) is 2. The highest BCUT2D eigenvalue weighted by molar-refractivity contribution is 5.76. The van der Waals surface area contributed by atoms with Crippen molar-refractivity contribution in [1.29, 1.82) is 0 Å². The number of aliphatic hydroxyl groups is 1. The van der Waals surface area contributed by atoms with Gasteiger partial charge in [-0.3, -0.25) is 9.80 Å². The van der Waals surface area contributed by atoms with E-state index in [2.05, 4.69) is 36.2 Å². The second-order valence-electron chi connectivity index (χ2n) is 6.30. The van der Waals surface area contributed by atoms with Crippen LogP contribution in [0.25, 0.3) is 0 Å². The van der Waals surface area contributed by atoms with Crippen molar-refractivity contribution in [2.45, 2.75) is 52.1 Å². The van der Waals surface area contributed by atoms with Crippen molar-refractivity contribution >= 4 is 5.91 Å². The molecule has 4 nitrogen and oxygen atoms in total. The Morgan fingerprint density at radius 3 is 2.86 bits per heavy atom. The van der Waals surface area contributed by atoms with Crippen LogP contribution in [-0.2, 0) is 11.2 Å². The Morgan fingerprint density at radius 1 is 1.32 bits per heavy atom. The van der Waals surface area contributed by atoms with Gasteiger partial charge >= 0.3 is 0 Å². The molecule has 1 aromatic carbocycles. The summed E-state index contributed by atoms with van der Waals surface area (Å²) in [6, 6.07) is 8.56. The minimum Gasteiger partial charge on any atom is -0.393 e. The van der Waals surface area contributed by atoms with Gasteiger partial charge in [0.25, 0.3) is 0 Å². The zero-order valence-corrected chi connectivity index (χ0v) is 13.8. The molecule has 0 aromatic heterocycles. The third kappa shape index (κ3) is 5.11. The molecule has 1 saturated heterocycles. The van der Waals surface area contributed by atoms with Crippen molar-refractivity contribution in [3.8, 4) is 0 Å². The highest BCUT2D eigenvalue weighted by Crippen LogP contribution is 2.15. The molecule has 1 aliphatic heterocycles. The maximum Gasteiger partial charge on any atom is 0.236 e. The van der Waals surface area contributed by atoms with Gasteiger partial charge in [0.15, 0.2) is 0 Å². The largest absolute Gasteiger partial charge is 0.393 e. The number of aliphatic hydroxyl groups excluding tert-OH is 1. The second kappa shape index (κ2) is 8.30. The first-order valence-corrected chi connectivity index (χ1v) is 8.35. The monoisotopic (exact) mass is 304 g/mol. The lowest BCUT2D eigenvalue weighted by Gasteiger charge is -2.39. The second-order valence-corrected chi connectivity index (χ2v) is 6.30. The van der Waals surface area contributed by atoms with Crippen LogP contribution in [0, 0.1) is 6.92 Å². The molecule has 1 unspecified atom stereocenters. The summed E-state index contributed by atoms with van der Waals surface area (Å²) in [5.74, 6) is 0.223. The molecule has 122 valence electrons. The van der Waals surface area contributed by atoms with Crippen molar-refractivity contribution < 1.29 is 9.90 Å². The average Bonchev–Trinajstić information content (AvgIpc) is 2.47. The number of hydrogen-bond donors (Lipinski definition) is 1. The fraction of sp³-hybridized carbons (Fsp3) is 0.611. The Hall–Kier alpha value is -1.39. The highest BCUT2D eigenvalue weighted by Gasteiger charge is 2.25. The Kier molecular flexibility index (Phi) is 6.40. The van der Waals surface area contributed by atoms with E-state index < -0.39 is 0 Å². The molecule has 1 amide bonds. The van der Waals surface area contributed by atoms with Crippen LogP contribution in [0.5, 0.6) is 0 Å². The van der Waals surface area contributed by atoms with Gasteiger partial charge in [0, 0.05) is 26.1 Å². The first-order valence-electron chi connectivity index (χ1n) is 8.35. The standard InChI is InChI=1S/C18H28N2O2/c1-15-6-3-7-17(14-15)8-4-12-20-18(22)9-5-11-19(20)13-10-16(2)21/h3,6-7,14,16,21H,4-5,8-13H2,1-2H3. The number of hydrogen-bond acceptors (Lipinski definition) is 3. The molecule has 0 saturated carbocycles. The van der Waals surface area contributed by atoms with E-state index in [0.29, 0.717) is 12.8 Å². The van der Waals surface area contributed by atoms with E-state index >= 15 is 0 Å². The van der Waals surface area contributed by atoms with E-state index in [1.165, 1.54) is 11.1 Å². The highest BCUT2D eigenvalue weighted by atomic mass is 16.3. The number of hydrazine groups is 1. The predicted octanol–water partition coefficient (Wildman–Crippen LogP) is 2.54. The van der Waals surface area contributed by atoms with Crippen molar-refractivity contribution in [2.24, 2.45) is 0 Å². The molecular formula is C18H28N2O2. The number of carbonyl (C=O) groups is 1. The molecule has 1 atom stereocenters. The van der Waals surface area contributed by atoms with Crippen LogP contribution < -0.4 is 0 Å². The lowest BCUT2D eigenvalue weighted by atomic mass is 10.1. The van der Waals surface area contributed by atoms with Crippen LogP contribution in [0.1, 0.15) is 43.7 Å². The summed E-state index contributed by atoms with van der Waals surface area (Å²) in [5, 5.41) is 13.5. The van der Waals surface area contributed by atoms with Gasteiger partial charge in [0.1, 0.15) is 0 Å². The minimum atomic E-state index is -0.314. The lowest BCUT2D eigenvalue weighted by molar-refractivity contribution is -0.156. The van der Waals surface area contributed by atoms with Gasteiger partial charge in [-0.25, -0.2) is 5.01 Å². The first kappa shape index (κ1) is 17.0. The average molecular weight is 304 g/mol.